The molecule has 3 rings (SSSR count). The number of nitrogens with one attached hydrogen (secondary N) is 1. The number of nitro benzene ring substituents is 1. The van der Waals surface area contributed by atoms with Crippen LogP contribution in [0.3, 0.4) is 0 Å². The second-order valence-electron chi connectivity index (χ2n) is 5.08. The molecular weight excluding hydrogens is 328 g/mol. The molecule has 124 valence electrons. The predicted octanol–water partition coefficient (Wildman–Crippen LogP) is 3.12. The summed E-state index contributed by atoms with van der Waals surface area (Å²) in [6, 6.07) is 12.4. The standard InChI is InChI=1S/C16H16N4O3S/c21-8-7-19-16(10-13(18-19)15-6-3-9-24-15)17-11-12-4-1-2-5-14(12)20(22)23/h1-6,9-10,17,21H,7-8,11H2. The Morgan fingerprint density at radius 3 is 2.83 bits per heavy atom. The number of rotatable bonds is 7. The van der Waals surface area contributed by atoms with E-state index in [1.807, 2.05) is 23.6 Å². The van der Waals surface area contributed by atoms with Crippen molar-refractivity contribution in [2.75, 3.05) is 11.9 Å². The van der Waals surface area contributed by atoms with Crippen molar-refractivity contribution in [3.63, 3.8) is 0 Å². The maximum atomic E-state index is 11.1. The van der Waals surface area contributed by atoms with Gasteiger partial charge in [-0.3, -0.25) is 10.1 Å². The molecule has 7 nitrogen and oxygen atoms in total. The van der Waals surface area contributed by atoms with E-state index in [0.717, 1.165) is 10.6 Å². The third-order valence-electron chi connectivity index (χ3n) is 3.51. The van der Waals surface area contributed by atoms with Crippen LogP contribution in [0.2, 0.25) is 0 Å². The number of nitro groups is 1. The summed E-state index contributed by atoms with van der Waals surface area (Å²) in [6.07, 6.45) is 0. The lowest BCUT2D eigenvalue weighted by Gasteiger charge is -2.09. The number of nitrogens with zero attached hydrogens (tertiary/aromatic N) is 3. The Balaban J connectivity index is 1.83. The van der Waals surface area contributed by atoms with Crippen LogP contribution in [0.5, 0.6) is 0 Å². The summed E-state index contributed by atoms with van der Waals surface area (Å²) in [4.78, 5) is 11.7. The number of aliphatic hydroxyl groups excluding tert-OH is 1. The topological polar surface area (TPSA) is 93.2 Å². The van der Waals surface area contributed by atoms with Gasteiger partial charge in [-0.15, -0.1) is 11.3 Å². The van der Waals surface area contributed by atoms with Crippen LogP contribution in [0.25, 0.3) is 10.6 Å². The van der Waals surface area contributed by atoms with Crippen LogP contribution in [0, 0.1) is 10.1 Å². The van der Waals surface area contributed by atoms with E-state index in [1.54, 1.807) is 34.2 Å². The number of para-hydroxylation sites is 1. The van der Waals surface area contributed by atoms with E-state index in [-0.39, 0.29) is 17.2 Å². The van der Waals surface area contributed by atoms with Crippen LogP contribution in [0.15, 0.2) is 47.8 Å². The molecule has 0 saturated heterocycles. The fourth-order valence-electron chi connectivity index (χ4n) is 2.39. The highest BCUT2D eigenvalue weighted by atomic mass is 32.1. The first kappa shape index (κ1) is 16.2. The zero-order valence-corrected chi connectivity index (χ0v) is 13.6. The summed E-state index contributed by atoms with van der Waals surface area (Å²) in [6.45, 7) is 0.620. The number of aliphatic hydroxyl groups is 1. The highest BCUT2D eigenvalue weighted by molar-refractivity contribution is 7.13. The smallest absolute Gasteiger partial charge is 0.274 e. The molecule has 3 aromatic rings. The van der Waals surface area contributed by atoms with E-state index in [1.165, 1.54) is 6.07 Å². The van der Waals surface area contributed by atoms with Gasteiger partial charge in [-0.1, -0.05) is 24.3 Å². The Labute approximate surface area is 142 Å². The first-order valence-electron chi connectivity index (χ1n) is 7.38. The monoisotopic (exact) mass is 344 g/mol. The van der Waals surface area contributed by atoms with Gasteiger partial charge in [0.25, 0.3) is 5.69 Å². The van der Waals surface area contributed by atoms with Crippen LogP contribution in [0.4, 0.5) is 11.5 Å². The summed E-state index contributed by atoms with van der Waals surface area (Å²) >= 11 is 1.58. The molecule has 24 heavy (non-hydrogen) atoms. The maximum Gasteiger partial charge on any atom is 0.274 e. The second kappa shape index (κ2) is 7.24. The Hall–Kier alpha value is -2.71. The summed E-state index contributed by atoms with van der Waals surface area (Å²) in [5, 5.41) is 29.9. The Bertz CT molecular complexity index is 830. The van der Waals surface area contributed by atoms with Gasteiger partial charge in [0.05, 0.1) is 23.0 Å². The summed E-state index contributed by atoms with van der Waals surface area (Å²) in [5.41, 5.74) is 1.48. The average Bonchev–Trinajstić information content (AvgIpc) is 3.23. The van der Waals surface area contributed by atoms with Gasteiger partial charge in [0.1, 0.15) is 11.5 Å². The number of aromatic nitrogens is 2. The molecule has 0 bridgehead atoms. The molecule has 0 fully saturated rings. The molecule has 0 spiro atoms. The first-order valence-corrected chi connectivity index (χ1v) is 8.26. The zero-order valence-electron chi connectivity index (χ0n) is 12.8. The molecule has 8 heteroatoms. The fourth-order valence-corrected chi connectivity index (χ4v) is 3.07. The van der Waals surface area contributed by atoms with Gasteiger partial charge in [0.2, 0.25) is 0 Å². The molecule has 2 aromatic heterocycles. The van der Waals surface area contributed by atoms with E-state index in [4.69, 9.17) is 0 Å². The molecule has 0 radical (unpaired) electrons. The third-order valence-corrected chi connectivity index (χ3v) is 4.41. The highest BCUT2D eigenvalue weighted by Gasteiger charge is 2.14. The molecule has 0 aliphatic rings. The van der Waals surface area contributed by atoms with Crippen molar-refractivity contribution in [3.8, 4) is 10.6 Å². The van der Waals surface area contributed by atoms with Crippen molar-refractivity contribution in [1.29, 1.82) is 0 Å². The number of hydrogen-bond donors (Lipinski definition) is 2. The van der Waals surface area contributed by atoms with Crippen LogP contribution in [-0.4, -0.2) is 26.4 Å². The maximum absolute atomic E-state index is 11.1. The van der Waals surface area contributed by atoms with Gasteiger partial charge in [0.15, 0.2) is 0 Å². The van der Waals surface area contributed by atoms with Crippen molar-refractivity contribution in [2.24, 2.45) is 0 Å². The van der Waals surface area contributed by atoms with Gasteiger partial charge >= 0.3 is 0 Å². The van der Waals surface area contributed by atoms with Crippen LogP contribution < -0.4 is 5.32 Å². The number of hydrogen-bond acceptors (Lipinski definition) is 6. The lowest BCUT2D eigenvalue weighted by Crippen LogP contribution is -2.11. The molecule has 1 aromatic carbocycles. The number of anilines is 1. The van der Waals surface area contributed by atoms with E-state index in [0.29, 0.717) is 24.5 Å². The molecular formula is C16H16N4O3S. The third kappa shape index (κ3) is 3.44. The van der Waals surface area contributed by atoms with E-state index in [2.05, 4.69) is 10.4 Å². The fraction of sp³-hybridized carbons (Fsp3) is 0.188. The minimum absolute atomic E-state index is 0.0360. The van der Waals surface area contributed by atoms with Gasteiger partial charge in [-0.05, 0) is 11.4 Å². The highest BCUT2D eigenvalue weighted by Crippen LogP contribution is 2.27. The Morgan fingerprint density at radius 2 is 2.12 bits per heavy atom. The lowest BCUT2D eigenvalue weighted by atomic mass is 10.2. The number of thiophene rings is 1. The van der Waals surface area contributed by atoms with Crippen molar-refractivity contribution < 1.29 is 10.0 Å². The minimum Gasteiger partial charge on any atom is -0.394 e. The van der Waals surface area contributed by atoms with Crippen LogP contribution >= 0.6 is 11.3 Å². The largest absolute Gasteiger partial charge is 0.394 e. The molecule has 0 unspecified atom stereocenters. The molecule has 0 amide bonds. The Kier molecular flexibility index (Phi) is 4.88. The molecule has 2 heterocycles. The second-order valence-corrected chi connectivity index (χ2v) is 6.03. The van der Waals surface area contributed by atoms with E-state index in [9.17, 15) is 15.2 Å². The van der Waals surface area contributed by atoms with E-state index >= 15 is 0 Å². The van der Waals surface area contributed by atoms with Crippen molar-refractivity contribution in [1.82, 2.24) is 9.78 Å². The molecule has 0 atom stereocenters. The Morgan fingerprint density at radius 1 is 1.29 bits per heavy atom. The molecule has 0 aliphatic carbocycles. The SMILES string of the molecule is O=[N+]([O-])c1ccccc1CNc1cc(-c2cccs2)nn1CCO. The van der Waals surface area contributed by atoms with Gasteiger partial charge in [-0.2, -0.15) is 5.10 Å². The quantitative estimate of drug-likeness (QED) is 0.507. The van der Waals surface area contributed by atoms with Crippen molar-refractivity contribution in [2.45, 2.75) is 13.1 Å². The minimum atomic E-state index is -0.390. The van der Waals surface area contributed by atoms with Gasteiger partial charge in [-0.25, -0.2) is 4.68 Å². The van der Waals surface area contributed by atoms with Crippen molar-refractivity contribution >= 4 is 22.8 Å². The predicted molar refractivity (Wildman–Crippen MR) is 93.0 cm³/mol. The zero-order chi connectivity index (χ0) is 16.9. The molecule has 0 aliphatic heterocycles. The van der Waals surface area contributed by atoms with Crippen molar-refractivity contribution in [3.05, 3.63) is 63.5 Å². The van der Waals surface area contributed by atoms with Gasteiger partial charge in [0, 0.05) is 24.2 Å². The lowest BCUT2D eigenvalue weighted by molar-refractivity contribution is -0.385. The number of benzene rings is 1. The average molecular weight is 344 g/mol. The summed E-state index contributed by atoms with van der Waals surface area (Å²) in [7, 11) is 0. The molecule has 0 saturated carbocycles. The van der Waals surface area contributed by atoms with Crippen LogP contribution in [0.1, 0.15) is 5.56 Å². The van der Waals surface area contributed by atoms with Gasteiger partial charge < -0.3 is 10.4 Å². The van der Waals surface area contributed by atoms with Crippen LogP contribution in [-0.2, 0) is 13.1 Å². The van der Waals surface area contributed by atoms with E-state index < -0.39 is 0 Å². The first-order chi connectivity index (χ1) is 11.7. The molecule has 2 N–H and O–H groups in total. The summed E-state index contributed by atoms with van der Waals surface area (Å²) in [5.74, 6) is 0.714. The summed E-state index contributed by atoms with van der Waals surface area (Å²) < 4.78 is 1.67. The normalized spacial score (nSPS) is 10.7.